The number of hydrazone groups is 1. The molecule has 0 aliphatic carbocycles. The predicted molar refractivity (Wildman–Crippen MR) is 101 cm³/mol. The quantitative estimate of drug-likeness (QED) is 0.546. The molecule has 0 atom stereocenters. The largest absolute Gasteiger partial charge is 0.493 e. The standard InChI is InChI=1S/C19H20N2O4S/c1-12-8-9-13(2)18(10-12)26(22,23)21-20-14(3)17-11-15-6-5-7-16(24-4)19(15)25-17/h5-11,21H,1-4H3/b20-14-. The first-order valence-corrected chi connectivity index (χ1v) is 9.50. The van der Waals surface area contributed by atoms with Gasteiger partial charge in [0.2, 0.25) is 0 Å². The molecule has 0 aliphatic rings. The van der Waals surface area contributed by atoms with Gasteiger partial charge in [0.05, 0.1) is 12.0 Å². The molecule has 0 spiro atoms. The maximum atomic E-state index is 12.5. The van der Waals surface area contributed by atoms with E-state index in [2.05, 4.69) is 9.93 Å². The highest BCUT2D eigenvalue weighted by Gasteiger charge is 2.17. The van der Waals surface area contributed by atoms with Crippen LogP contribution in [-0.2, 0) is 10.0 Å². The number of benzene rings is 2. The van der Waals surface area contributed by atoms with Crippen LogP contribution in [0.5, 0.6) is 5.75 Å². The number of hydrogen-bond acceptors (Lipinski definition) is 5. The van der Waals surface area contributed by atoms with E-state index in [1.807, 2.05) is 25.1 Å². The lowest BCUT2D eigenvalue weighted by Crippen LogP contribution is -2.21. The molecule has 1 heterocycles. The Kier molecular flexibility index (Phi) is 4.73. The normalized spacial score (nSPS) is 12.4. The van der Waals surface area contributed by atoms with Crippen LogP contribution in [0.25, 0.3) is 11.0 Å². The van der Waals surface area contributed by atoms with Gasteiger partial charge >= 0.3 is 0 Å². The average molecular weight is 372 g/mol. The van der Waals surface area contributed by atoms with Crippen LogP contribution in [0.3, 0.4) is 0 Å². The molecule has 0 radical (unpaired) electrons. The molecule has 6 nitrogen and oxygen atoms in total. The van der Waals surface area contributed by atoms with Crippen molar-refractivity contribution < 1.29 is 17.6 Å². The van der Waals surface area contributed by atoms with Gasteiger partial charge in [-0.25, -0.2) is 0 Å². The van der Waals surface area contributed by atoms with E-state index in [0.717, 1.165) is 10.9 Å². The third-order valence-corrected chi connectivity index (χ3v) is 5.40. The SMILES string of the molecule is COc1cccc2cc(/C(C)=N\NS(=O)(=O)c3cc(C)ccc3C)oc12. The van der Waals surface area contributed by atoms with Gasteiger partial charge in [0, 0.05) is 5.39 Å². The van der Waals surface area contributed by atoms with E-state index in [4.69, 9.17) is 9.15 Å². The molecule has 0 amide bonds. The number of para-hydroxylation sites is 1. The monoisotopic (exact) mass is 372 g/mol. The Morgan fingerprint density at radius 2 is 1.92 bits per heavy atom. The number of furan rings is 1. The molecule has 0 saturated carbocycles. The van der Waals surface area contributed by atoms with Gasteiger partial charge in [-0.3, -0.25) is 0 Å². The number of hydrogen-bond donors (Lipinski definition) is 1. The molecule has 26 heavy (non-hydrogen) atoms. The van der Waals surface area contributed by atoms with Gasteiger partial charge in [0.15, 0.2) is 17.1 Å². The number of rotatable bonds is 5. The number of fused-ring (bicyclic) bond motifs is 1. The zero-order valence-electron chi connectivity index (χ0n) is 15.0. The highest BCUT2D eigenvalue weighted by molar-refractivity contribution is 7.89. The maximum absolute atomic E-state index is 12.5. The van der Waals surface area contributed by atoms with E-state index in [1.165, 1.54) is 0 Å². The van der Waals surface area contributed by atoms with Crippen LogP contribution in [0.1, 0.15) is 23.8 Å². The minimum Gasteiger partial charge on any atom is -0.493 e. The minimum absolute atomic E-state index is 0.209. The Labute approximate surface area is 152 Å². The second kappa shape index (κ2) is 6.84. The Morgan fingerprint density at radius 1 is 1.15 bits per heavy atom. The van der Waals surface area contributed by atoms with E-state index in [0.29, 0.717) is 28.4 Å². The van der Waals surface area contributed by atoms with Crippen LogP contribution < -0.4 is 9.57 Å². The average Bonchev–Trinajstić information content (AvgIpc) is 3.06. The molecule has 0 fully saturated rings. The van der Waals surface area contributed by atoms with Crippen molar-refractivity contribution in [1.82, 2.24) is 4.83 Å². The van der Waals surface area contributed by atoms with Gasteiger partial charge in [-0.05, 0) is 50.1 Å². The molecule has 0 bridgehead atoms. The summed E-state index contributed by atoms with van der Waals surface area (Å²) in [5.41, 5.74) is 2.53. The summed E-state index contributed by atoms with van der Waals surface area (Å²) in [6, 6.07) is 12.6. The van der Waals surface area contributed by atoms with Crippen molar-refractivity contribution in [2.45, 2.75) is 25.7 Å². The van der Waals surface area contributed by atoms with Gasteiger partial charge in [-0.1, -0.05) is 24.3 Å². The third kappa shape index (κ3) is 3.43. The Hall–Kier alpha value is -2.80. The van der Waals surface area contributed by atoms with Crippen LogP contribution in [0, 0.1) is 13.8 Å². The Bertz CT molecular complexity index is 1100. The van der Waals surface area contributed by atoms with Crippen molar-refractivity contribution >= 4 is 26.7 Å². The molecule has 136 valence electrons. The first-order chi connectivity index (χ1) is 12.3. The molecule has 3 aromatic rings. The van der Waals surface area contributed by atoms with E-state index in [9.17, 15) is 8.42 Å². The van der Waals surface area contributed by atoms with Crippen molar-refractivity contribution in [2.75, 3.05) is 7.11 Å². The lowest BCUT2D eigenvalue weighted by atomic mass is 10.2. The molecule has 7 heteroatoms. The molecule has 1 N–H and O–H groups in total. The third-order valence-electron chi connectivity index (χ3n) is 4.05. The Morgan fingerprint density at radius 3 is 2.65 bits per heavy atom. The van der Waals surface area contributed by atoms with Crippen molar-refractivity contribution in [3.8, 4) is 5.75 Å². The first kappa shape index (κ1) is 18.0. The summed E-state index contributed by atoms with van der Waals surface area (Å²) in [4.78, 5) is 2.49. The molecule has 1 aromatic heterocycles. The lowest BCUT2D eigenvalue weighted by Gasteiger charge is -2.08. The van der Waals surface area contributed by atoms with Crippen LogP contribution in [0.4, 0.5) is 0 Å². The van der Waals surface area contributed by atoms with E-state index >= 15 is 0 Å². The fraction of sp³-hybridized carbons (Fsp3) is 0.211. The minimum atomic E-state index is -3.76. The zero-order valence-corrected chi connectivity index (χ0v) is 15.8. The molecule has 0 saturated heterocycles. The number of methoxy groups -OCH3 is 1. The van der Waals surface area contributed by atoms with Gasteiger partial charge in [0.1, 0.15) is 5.71 Å². The van der Waals surface area contributed by atoms with E-state index in [1.54, 1.807) is 45.2 Å². The van der Waals surface area contributed by atoms with Crippen molar-refractivity contribution in [1.29, 1.82) is 0 Å². The fourth-order valence-electron chi connectivity index (χ4n) is 2.61. The van der Waals surface area contributed by atoms with Crippen LogP contribution in [0.2, 0.25) is 0 Å². The number of nitrogens with one attached hydrogen (secondary N) is 1. The molecule has 2 aromatic carbocycles. The topological polar surface area (TPSA) is 80.9 Å². The highest BCUT2D eigenvalue weighted by atomic mass is 32.2. The summed E-state index contributed by atoms with van der Waals surface area (Å²) in [7, 11) is -2.20. The summed E-state index contributed by atoms with van der Waals surface area (Å²) in [6.07, 6.45) is 0. The van der Waals surface area contributed by atoms with Crippen molar-refractivity contribution in [3.63, 3.8) is 0 Å². The first-order valence-electron chi connectivity index (χ1n) is 8.02. The molecule has 3 rings (SSSR count). The summed E-state index contributed by atoms with van der Waals surface area (Å²) >= 11 is 0. The molecular weight excluding hydrogens is 352 g/mol. The van der Waals surface area contributed by atoms with Crippen LogP contribution >= 0.6 is 0 Å². The molecule has 0 unspecified atom stereocenters. The van der Waals surface area contributed by atoms with Crippen LogP contribution in [-0.4, -0.2) is 21.2 Å². The fourth-order valence-corrected chi connectivity index (χ4v) is 3.79. The Balaban J connectivity index is 1.92. The maximum Gasteiger partial charge on any atom is 0.276 e. The second-order valence-electron chi connectivity index (χ2n) is 6.05. The summed E-state index contributed by atoms with van der Waals surface area (Å²) in [5, 5.41) is 4.86. The zero-order chi connectivity index (χ0) is 18.9. The highest BCUT2D eigenvalue weighted by Crippen LogP contribution is 2.28. The van der Waals surface area contributed by atoms with Gasteiger partial charge in [0.25, 0.3) is 10.0 Å². The number of ether oxygens (including phenoxy) is 1. The predicted octanol–water partition coefficient (Wildman–Crippen LogP) is 3.76. The van der Waals surface area contributed by atoms with Crippen LogP contribution in [0.15, 0.2) is 56.9 Å². The van der Waals surface area contributed by atoms with E-state index < -0.39 is 10.0 Å². The van der Waals surface area contributed by atoms with Crippen molar-refractivity contribution in [3.05, 3.63) is 59.4 Å². The number of nitrogens with zero attached hydrogens (tertiary/aromatic N) is 1. The van der Waals surface area contributed by atoms with Crippen molar-refractivity contribution in [2.24, 2.45) is 5.10 Å². The summed E-state index contributed by atoms with van der Waals surface area (Å²) < 4.78 is 36.1. The molecule has 0 aliphatic heterocycles. The smallest absolute Gasteiger partial charge is 0.276 e. The van der Waals surface area contributed by atoms with Gasteiger partial charge in [-0.2, -0.15) is 18.4 Å². The van der Waals surface area contributed by atoms with E-state index in [-0.39, 0.29) is 4.90 Å². The summed E-state index contributed by atoms with van der Waals surface area (Å²) in [5.74, 6) is 1.07. The lowest BCUT2D eigenvalue weighted by molar-refractivity contribution is 0.410. The molecular formula is C19H20N2O4S. The summed E-state index contributed by atoms with van der Waals surface area (Å²) in [6.45, 7) is 5.26. The number of sulfonamides is 1. The van der Waals surface area contributed by atoms with Gasteiger partial charge in [-0.15, -0.1) is 0 Å². The van der Waals surface area contributed by atoms with Gasteiger partial charge < -0.3 is 9.15 Å². The number of aryl methyl sites for hydroxylation is 2. The second-order valence-corrected chi connectivity index (χ2v) is 7.68.